The van der Waals surface area contributed by atoms with Crippen molar-refractivity contribution in [3.63, 3.8) is 0 Å². The molecule has 0 spiro atoms. The average molecular weight is 406 g/mol. The van der Waals surface area contributed by atoms with E-state index in [1.54, 1.807) is 18.2 Å². The Bertz CT molecular complexity index is 1350. The Balaban J connectivity index is 1.62. The molecule has 0 saturated heterocycles. The van der Waals surface area contributed by atoms with E-state index in [0.717, 1.165) is 53.3 Å². The zero-order valence-corrected chi connectivity index (χ0v) is 17.2. The molecule has 0 atom stereocenters. The lowest BCUT2D eigenvalue weighted by Gasteiger charge is -2.21. The highest BCUT2D eigenvalue weighted by atomic mass is 16.4. The Morgan fingerprint density at radius 3 is 2.13 bits per heavy atom. The Morgan fingerprint density at radius 2 is 1.35 bits per heavy atom. The summed E-state index contributed by atoms with van der Waals surface area (Å²) in [6.45, 7) is 0. The van der Waals surface area contributed by atoms with Crippen LogP contribution in [0, 0.1) is 0 Å². The molecule has 31 heavy (non-hydrogen) atoms. The fourth-order valence-corrected chi connectivity index (χ4v) is 5.25. The fourth-order valence-electron chi connectivity index (χ4n) is 5.25. The van der Waals surface area contributed by atoms with Crippen LogP contribution in [0.5, 0.6) is 0 Å². The summed E-state index contributed by atoms with van der Waals surface area (Å²) in [6, 6.07) is 21.5. The predicted octanol–water partition coefficient (Wildman–Crippen LogP) is 6.92. The summed E-state index contributed by atoms with van der Waals surface area (Å²) in [5.41, 5.74) is 3.12. The van der Waals surface area contributed by atoms with E-state index in [0.29, 0.717) is 16.7 Å². The lowest BCUT2D eigenvalue weighted by Crippen LogP contribution is -2.19. The Morgan fingerprint density at radius 1 is 0.677 bits per heavy atom. The monoisotopic (exact) mass is 406 g/mol. The summed E-state index contributed by atoms with van der Waals surface area (Å²) in [7, 11) is 0. The first-order chi connectivity index (χ1) is 15.2. The number of carbonyl (C=O) groups is 2. The van der Waals surface area contributed by atoms with Crippen molar-refractivity contribution >= 4 is 22.3 Å². The molecule has 0 N–H and O–H groups in total. The molecule has 0 unspecified atom stereocenters. The van der Waals surface area contributed by atoms with Crippen LogP contribution >= 0.6 is 0 Å². The highest BCUT2D eigenvalue weighted by molar-refractivity contribution is 6.29. The molecule has 1 fully saturated rings. The normalized spacial score (nSPS) is 16.4. The summed E-state index contributed by atoms with van der Waals surface area (Å²) in [4.78, 5) is 26.9. The van der Waals surface area contributed by atoms with Crippen LogP contribution < -0.4 is 0 Å². The van der Waals surface area contributed by atoms with Crippen LogP contribution in [0.4, 0.5) is 0 Å². The van der Waals surface area contributed by atoms with E-state index in [9.17, 15) is 9.59 Å². The maximum absolute atomic E-state index is 13.6. The lowest BCUT2D eigenvalue weighted by molar-refractivity contribution is 0.0959. The quantitative estimate of drug-likeness (QED) is 0.319. The molecular formula is C28H22O3. The van der Waals surface area contributed by atoms with E-state index in [4.69, 9.17) is 4.42 Å². The first-order valence-corrected chi connectivity index (χ1v) is 11.1. The van der Waals surface area contributed by atoms with E-state index >= 15 is 0 Å². The van der Waals surface area contributed by atoms with Crippen LogP contribution in [0.2, 0.25) is 0 Å². The molecule has 2 aliphatic rings. The van der Waals surface area contributed by atoms with Crippen molar-refractivity contribution in [3.8, 4) is 11.1 Å². The minimum atomic E-state index is -0.186. The third kappa shape index (κ3) is 2.80. The number of hydrogen-bond acceptors (Lipinski definition) is 3. The van der Waals surface area contributed by atoms with Gasteiger partial charge in [-0.2, -0.15) is 0 Å². The van der Waals surface area contributed by atoms with Crippen molar-refractivity contribution < 1.29 is 14.0 Å². The average Bonchev–Trinajstić information content (AvgIpc) is 3.24. The Labute approximate surface area is 180 Å². The second-order valence-electron chi connectivity index (χ2n) is 8.65. The number of furan rings is 1. The summed E-state index contributed by atoms with van der Waals surface area (Å²) in [5.74, 6) is 0.972. The van der Waals surface area contributed by atoms with Gasteiger partial charge >= 0.3 is 0 Å². The number of fused-ring (bicyclic) bond motifs is 3. The molecule has 3 nitrogen and oxygen atoms in total. The standard InChI is InChI=1S/C28H22O3/c29-25-21-12-6-7-13-22(21)26(30)28-24(25)23(27(31-28)18-9-2-1-3-10-18)20-15-14-17-8-4-5-11-19(17)16-20/h4-8,11-16,18H,1-3,9-10H2. The summed E-state index contributed by atoms with van der Waals surface area (Å²) >= 11 is 0. The van der Waals surface area contributed by atoms with Gasteiger partial charge in [0.15, 0.2) is 11.5 Å². The van der Waals surface area contributed by atoms with Gasteiger partial charge < -0.3 is 4.42 Å². The van der Waals surface area contributed by atoms with Crippen LogP contribution in [-0.4, -0.2) is 11.6 Å². The smallest absolute Gasteiger partial charge is 0.229 e. The largest absolute Gasteiger partial charge is 0.456 e. The maximum atomic E-state index is 13.6. The number of hydrogen-bond donors (Lipinski definition) is 0. The molecular weight excluding hydrogens is 384 g/mol. The second kappa shape index (κ2) is 7.05. The third-order valence-corrected chi connectivity index (χ3v) is 6.80. The van der Waals surface area contributed by atoms with Crippen molar-refractivity contribution in [3.05, 3.63) is 94.9 Å². The Hall–Kier alpha value is -3.46. The van der Waals surface area contributed by atoms with Crippen LogP contribution in [0.3, 0.4) is 0 Å². The number of carbonyl (C=O) groups excluding carboxylic acids is 2. The topological polar surface area (TPSA) is 47.3 Å². The first-order valence-electron chi connectivity index (χ1n) is 11.1. The predicted molar refractivity (Wildman–Crippen MR) is 121 cm³/mol. The van der Waals surface area contributed by atoms with Crippen LogP contribution in [-0.2, 0) is 0 Å². The molecule has 152 valence electrons. The van der Waals surface area contributed by atoms with Gasteiger partial charge in [0, 0.05) is 22.6 Å². The van der Waals surface area contributed by atoms with E-state index in [1.807, 2.05) is 18.2 Å². The van der Waals surface area contributed by atoms with Crippen LogP contribution in [0.1, 0.15) is 75.8 Å². The van der Waals surface area contributed by atoms with Gasteiger partial charge in [-0.15, -0.1) is 0 Å². The first kappa shape index (κ1) is 18.3. The zero-order valence-electron chi connectivity index (χ0n) is 17.2. The van der Waals surface area contributed by atoms with E-state index in [-0.39, 0.29) is 23.2 Å². The zero-order chi connectivity index (χ0) is 20.9. The minimum absolute atomic E-state index is 0.112. The number of ketones is 2. The molecule has 4 aromatic rings. The van der Waals surface area contributed by atoms with Crippen molar-refractivity contribution in [1.29, 1.82) is 0 Å². The highest BCUT2D eigenvalue weighted by Crippen LogP contribution is 2.45. The molecule has 3 heteroatoms. The highest BCUT2D eigenvalue weighted by Gasteiger charge is 2.39. The molecule has 3 aromatic carbocycles. The molecule has 1 aromatic heterocycles. The lowest BCUT2D eigenvalue weighted by atomic mass is 9.81. The number of rotatable bonds is 2. The van der Waals surface area contributed by atoms with Crippen molar-refractivity contribution in [2.45, 2.75) is 38.0 Å². The van der Waals surface area contributed by atoms with Crippen LogP contribution in [0.25, 0.3) is 21.9 Å². The molecule has 0 bridgehead atoms. The molecule has 2 aliphatic carbocycles. The minimum Gasteiger partial charge on any atom is -0.456 e. The van der Waals surface area contributed by atoms with Crippen molar-refractivity contribution in [2.75, 3.05) is 0 Å². The molecule has 0 amide bonds. The number of benzene rings is 3. The van der Waals surface area contributed by atoms with Gasteiger partial charge in [-0.25, -0.2) is 0 Å². The maximum Gasteiger partial charge on any atom is 0.229 e. The molecule has 0 aliphatic heterocycles. The van der Waals surface area contributed by atoms with Gasteiger partial charge in [0.25, 0.3) is 0 Å². The van der Waals surface area contributed by atoms with Gasteiger partial charge in [-0.1, -0.05) is 79.9 Å². The van der Waals surface area contributed by atoms with Gasteiger partial charge in [-0.3, -0.25) is 9.59 Å². The van der Waals surface area contributed by atoms with Crippen LogP contribution in [0.15, 0.2) is 71.1 Å². The van der Waals surface area contributed by atoms with Gasteiger partial charge in [0.1, 0.15) is 5.76 Å². The molecule has 1 heterocycles. The van der Waals surface area contributed by atoms with Crippen molar-refractivity contribution in [2.24, 2.45) is 0 Å². The summed E-state index contributed by atoms with van der Waals surface area (Å²) in [5, 5.41) is 2.26. The SMILES string of the molecule is O=C1c2ccccc2C(=O)c2c1oc(C1CCCCC1)c2-c1ccc2ccccc2c1. The summed E-state index contributed by atoms with van der Waals surface area (Å²) < 4.78 is 6.31. The van der Waals surface area contributed by atoms with E-state index in [2.05, 4.69) is 30.3 Å². The molecule has 6 rings (SSSR count). The fraction of sp³-hybridized carbons (Fsp3) is 0.214. The summed E-state index contributed by atoms with van der Waals surface area (Å²) in [6.07, 6.45) is 5.58. The van der Waals surface area contributed by atoms with Gasteiger partial charge in [0.2, 0.25) is 5.78 Å². The van der Waals surface area contributed by atoms with Gasteiger partial charge in [0.05, 0.1) is 5.56 Å². The second-order valence-corrected chi connectivity index (χ2v) is 8.65. The van der Waals surface area contributed by atoms with Gasteiger partial charge in [-0.05, 0) is 35.2 Å². The third-order valence-electron chi connectivity index (χ3n) is 6.80. The molecule has 1 saturated carbocycles. The van der Waals surface area contributed by atoms with E-state index < -0.39 is 0 Å². The Kier molecular flexibility index (Phi) is 4.17. The van der Waals surface area contributed by atoms with Crippen molar-refractivity contribution in [1.82, 2.24) is 0 Å². The van der Waals surface area contributed by atoms with E-state index in [1.165, 1.54) is 6.42 Å². The molecule has 0 radical (unpaired) electrons.